The lowest BCUT2D eigenvalue weighted by Crippen LogP contribution is -2.23. The van der Waals surface area contributed by atoms with E-state index >= 15 is 0 Å². The SMILES string of the molecule is [CH2]C(O)(C=C)C1CC1. The maximum absolute atomic E-state index is 9.23. The summed E-state index contributed by atoms with van der Waals surface area (Å²) in [5.74, 6) is 0.389. The molecular weight excluding hydrogens is 100 g/mol. The zero-order valence-electron chi connectivity index (χ0n) is 4.93. The first-order chi connectivity index (χ1) is 3.67. The third kappa shape index (κ3) is 0.920. The topological polar surface area (TPSA) is 20.2 Å². The summed E-state index contributed by atoms with van der Waals surface area (Å²) in [6.45, 7) is 7.07. The van der Waals surface area contributed by atoms with Crippen LogP contribution in [0, 0.1) is 12.8 Å². The first-order valence-electron chi connectivity index (χ1n) is 2.88. The Morgan fingerprint density at radius 1 is 1.62 bits per heavy atom. The zero-order valence-corrected chi connectivity index (χ0v) is 4.93. The van der Waals surface area contributed by atoms with Crippen molar-refractivity contribution >= 4 is 0 Å². The molecule has 1 unspecified atom stereocenters. The average Bonchev–Trinajstić information content (AvgIpc) is 2.44. The monoisotopic (exact) mass is 111 g/mol. The van der Waals surface area contributed by atoms with Gasteiger partial charge in [-0.1, -0.05) is 6.08 Å². The molecule has 1 rings (SSSR count). The van der Waals surface area contributed by atoms with Gasteiger partial charge >= 0.3 is 0 Å². The van der Waals surface area contributed by atoms with Crippen molar-refractivity contribution in [1.82, 2.24) is 0 Å². The van der Waals surface area contributed by atoms with E-state index in [1.807, 2.05) is 0 Å². The van der Waals surface area contributed by atoms with Gasteiger partial charge < -0.3 is 5.11 Å². The second-order valence-electron chi connectivity index (χ2n) is 2.47. The zero-order chi connectivity index (χ0) is 6.20. The molecular formula is C7H11O. The maximum Gasteiger partial charge on any atom is 0.0854 e. The van der Waals surface area contributed by atoms with Gasteiger partial charge in [0.25, 0.3) is 0 Å². The molecule has 1 fully saturated rings. The molecule has 0 aliphatic heterocycles. The molecule has 1 nitrogen and oxygen atoms in total. The van der Waals surface area contributed by atoms with Crippen molar-refractivity contribution < 1.29 is 5.11 Å². The van der Waals surface area contributed by atoms with Crippen molar-refractivity contribution in [2.75, 3.05) is 0 Å². The highest BCUT2D eigenvalue weighted by molar-refractivity contribution is 5.07. The lowest BCUT2D eigenvalue weighted by Gasteiger charge is -2.15. The highest BCUT2D eigenvalue weighted by Crippen LogP contribution is 2.39. The molecule has 1 atom stereocenters. The van der Waals surface area contributed by atoms with E-state index in [9.17, 15) is 5.11 Å². The molecule has 0 spiro atoms. The standard InChI is InChI=1S/C7H11O/c1-3-7(2,8)6-4-5-6/h3,6,8H,1-2,4-5H2. The van der Waals surface area contributed by atoms with Crippen molar-refractivity contribution in [3.05, 3.63) is 19.6 Å². The van der Waals surface area contributed by atoms with Gasteiger partial charge in [-0.3, -0.25) is 0 Å². The summed E-state index contributed by atoms with van der Waals surface area (Å²) < 4.78 is 0. The molecule has 0 aromatic heterocycles. The van der Waals surface area contributed by atoms with Crippen molar-refractivity contribution in [3.63, 3.8) is 0 Å². The molecule has 1 aliphatic carbocycles. The van der Waals surface area contributed by atoms with Crippen LogP contribution in [0.4, 0.5) is 0 Å². The van der Waals surface area contributed by atoms with Crippen molar-refractivity contribution in [1.29, 1.82) is 0 Å². The molecule has 45 valence electrons. The van der Waals surface area contributed by atoms with E-state index in [1.54, 1.807) is 0 Å². The van der Waals surface area contributed by atoms with Gasteiger partial charge in [-0.25, -0.2) is 0 Å². The van der Waals surface area contributed by atoms with E-state index in [2.05, 4.69) is 13.5 Å². The number of hydrogen-bond donors (Lipinski definition) is 1. The van der Waals surface area contributed by atoms with Crippen LogP contribution in [0.3, 0.4) is 0 Å². The number of rotatable bonds is 2. The lowest BCUT2D eigenvalue weighted by molar-refractivity contribution is 0.116. The number of aliphatic hydroxyl groups is 1. The van der Waals surface area contributed by atoms with E-state index in [0.29, 0.717) is 5.92 Å². The Balaban J connectivity index is 2.49. The molecule has 1 radical (unpaired) electrons. The summed E-state index contributed by atoms with van der Waals surface area (Å²) in [4.78, 5) is 0. The van der Waals surface area contributed by atoms with Crippen LogP contribution in [0.2, 0.25) is 0 Å². The van der Waals surface area contributed by atoms with Crippen LogP contribution in [0.25, 0.3) is 0 Å². The highest BCUT2D eigenvalue weighted by Gasteiger charge is 2.37. The van der Waals surface area contributed by atoms with Crippen LogP contribution in [-0.4, -0.2) is 10.7 Å². The molecule has 1 heteroatoms. The summed E-state index contributed by atoms with van der Waals surface area (Å²) in [5, 5.41) is 9.23. The molecule has 0 aromatic rings. The summed E-state index contributed by atoms with van der Waals surface area (Å²) in [6, 6.07) is 0. The van der Waals surface area contributed by atoms with E-state index < -0.39 is 5.60 Å². The predicted octanol–water partition coefficient (Wildman–Crippen LogP) is 1.15. The molecule has 0 aromatic carbocycles. The van der Waals surface area contributed by atoms with Gasteiger partial charge in [0.2, 0.25) is 0 Å². The van der Waals surface area contributed by atoms with Gasteiger partial charge in [-0.15, -0.1) is 6.58 Å². The van der Waals surface area contributed by atoms with Gasteiger partial charge in [0.05, 0.1) is 5.60 Å². The van der Waals surface area contributed by atoms with Gasteiger partial charge in [-0.05, 0) is 25.7 Å². The minimum Gasteiger partial charge on any atom is -0.386 e. The van der Waals surface area contributed by atoms with Crippen LogP contribution in [0.1, 0.15) is 12.8 Å². The Morgan fingerprint density at radius 3 is 2.25 bits per heavy atom. The predicted molar refractivity (Wildman–Crippen MR) is 33.2 cm³/mol. The molecule has 0 amide bonds. The molecule has 1 aliphatic rings. The van der Waals surface area contributed by atoms with E-state index in [1.165, 1.54) is 6.08 Å². The van der Waals surface area contributed by atoms with Crippen LogP contribution >= 0.6 is 0 Å². The molecule has 0 heterocycles. The van der Waals surface area contributed by atoms with Crippen molar-refractivity contribution in [2.45, 2.75) is 18.4 Å². The minimum atomic E-state index is -0.833. The van der Waals surface area contributed by atoms with Crippen LogP contribution < -0.4 is 0 Å². The first kappa shape index (κ1) is 5.83. The fourth-order valence-electron chi connectivity index (χ4n) is 0.750. The van der Waals surface area contributed by atoms with Crippen LogP contribution in [0.15, 0.2) is 12.7 Å². The third-order valence-electron chi connectivity index (χ3n) is 1.64. The normalized spacial score (nSPS) is 26.8. The summed E-state index contributed by atoms with van der Waals surface area (Å²) in [6.07, 6.45) is 3.72. The van der Waals surface area contributed by atoms with Crippen LogP contribution in [-0.2, 0) is 0 Å². The van der Waals surface area contributed by atoms with Gasteiger partial charge in [0.1, 0.15) is 0 Å². The fourth-order valence-corrected chi connectivity index (χ4v) is 0.750. The Morgan fingerprint density at radius 2 is 2.12 bits per heavy atom. The number of hydrogen-bond acceptors (Lipinski definition) is 1. The van der Waals surface area contributed by atoms with Crippen molar-refractivity contribution in [3.8, 4) is 0 Å². The third-order valence-corrected chi connectivity index (χ3v) is 1.64. The second kappa shape index (κ2) is 1.59. The van der Waals surface area contributed by atoms with Crippen LogP contribution in [0.5, 0.6) is 0 Å². The highest BCUT2D eigenvalue weighted by atomic mass is 16.3. The summed E-state index contributed by atoms with van der Waals surface area (Å²) in [5.41, 5.74) is -0.833. The Labute approximate surface area is 50.0 Å². The fraction of sp³-hybridized carbons (Fsp3) is 0.571. The summed E-state index contributed by atoms with van der Waals surface area (Å²) >= 11 is 0. The largest absolute Gasteiger partial charge is 0.386 e. The van der Waals surface area contributed by atoms with Gasteiger partial charge in [0, 0.05) is 0 Å². The molecule has 0 saturated heterocycles. The maximum atomic E-state index is 9.23. The van der Waals surface area contributed by atoms with E-state index in [4.69, 9.17) is 0 Å². The summed E-state index contributed by atoms with van der Waals surface area (Å²) in [7, 11) is 0. The van der Waals surface area contributed by atoms with E-state index in [-0.39, 0.29) is 0 Å². The second-order valence-corrected chi connectivity index (χ2v) is 2.47. The lowest BCUT2D eigenvalue weighted by atomic mass is 10.0. The average molecular weight is 111 g/mol. The Bertz CT molecular complexity index is 101. The van der Waals surface area contributed by atoms with Crippen molar-refractivity contribution in [2.24, 2.45) is 5.92 Å². The Hall–Kier alpha value is -0.300. The quantitative estimate of drug-likeness (QED) is 0.530. The molecule has 1 N–H and O–H groups in total. The van der Waals surface area contributed by atoms with E-state index in [0.717, 1.165) is 12.8 Å². The van der Waals surface area contributed by atoms with Gasteiger partial charge in [-0.2, -0.15) is 0 Å². The molecule has 8 heavy (non-hydrogen) atoms. The van der Waals surface area contributed by atoms with Gasteiger partial charge in [0.15, 0.2) is 0 Å². The molecule has 1 saturated carbocycles. The smallest absolute Gasteiger partial charge is 0.0854 e. The first-order valence-corrected chi connectivity index (χ1v) is 2.88. The molecule has 0 bridgehead atoms. The minimum absolute atomic E-state index is 0.389. The Kier molecular flexibility index (Phi) is 1.16.